The van der Waals surface area contributed by atoms with Crippen LogP contribution in [0.2, 0.25) is 0 Å². The van der Waals surface area contributed by atoms with Crippen molar-refractivity contribution >= 4 is 5.91 Å². The number of nitrogens with one attached hydrogen (secondary N) is 1. The number of nitrogens with zero attached hydrogens (tertiary/aromatic N) is 3. The molecule has 7 heteroatoms. The third-order valence-electron chi connectivity index (χ3n) is 5.15. The zero-order valence-corrected chi connectivity index (χ0v) is 14.5. The van der Waals surface area contributed by atoms with Crippen LogP contribution in [0.4, 0.5) is 0 Å². The highest BCUT2D eigenvalue weighted by molar-refractivity contribution is 5.79. The Morgan fingerprint density at radius 2 is 1.96 bits per heavy atom. The summed E-state index contributed by atoms with van der Waals surface area (Å²) in [7, 11) is 3.16. The number of carbonyl (C=O) groups excluding carboxylic acids is 1. The minimum atomic E-state index is -0.312. The van der Waals surface area contributed by atoms with Crippen molar-refractivity contribution in [3.63, 3.8) is 0 Å². The predicted molar refractivity (Wildman–Crippen MR) is 90.7 cm³/mol. The number of likely N-dealkylation sites (tertiary alicyclic amines) is 1. The average Bonchev–Trinajstić information content (AvgIpc) is 3.40. The second-order valence-corrected chi connectivity index (χ2v) is 7.14. The number of amides is 1. The van der Waals surface area contributed by atoms with Crippen LogP contribution >= 0.6 is 0 Å². The van der Waals surface area contributed by atoms with Crippen LogP contribution in [-0.2, 0) is 25.4 Å². The monoisotopic (exact) mass is 334 g/mol. The van der Waals surface area contributed by atoms with Crippen molar-refractivity contribution in [2.75, 3.05) is 19.6 Å². The summed E-state index contributed by atoms with van der Waals surface area (Å²) in [5.74, 6) is 0.828. The van der Waals surface area contributed by atoms with E-state index >= 15 is 0 Å². The number of aromatic nitrogens is 2. The van der Waals surface area contributed by atoms with Gasteiger partial charge in [0, 0.05) is 45.5 Å². The van der Waals surface area contributed by atoms with Gasteiger partial charge in [0.25, 0.3) is 5.56 Å². The molecule has 0 aromatic carbocycles. The van der Waals surface area contributed by atoms with Gasteiger partial charge < -0.3 is 5.32 Å². The minimum Gasteiger partial charge on any atom is -0.356 e. The largest absolute Gasteiger partial charge is 0.356 e. The molecule has 1 aliphatic heterocycles. The van der Waals surface area contributed by atoms with Crippen molar-refractivity contribution in [1.82, 2.24) is 19.4 Å². The lowest BCUT2D eigenvalue weighted by atomic mass is 9.97. The van der Waals surface area contributed by atoms with E-state index in [1.54, 1.807) is 7.05 Å². The van der Waals surface area contributed by atoms with Crippen molar-refractivity contribution in [1.29, 1.82) is 0 Å². The molecule has 0 radical (unpaired) electrons. The average molecular weight is 334 g/mol. The molecule has 0 spiro atoms. The van der Waals surface area contributed by atoms with Crippen molar-refractivity contribution in [3.05, 3.63) is 32.6 Å². The van der Waals surface area contributed by atoms with Crippen molar-refractivity contribution < 1.29 is 4.79 Å². The maximum Gasteiger partial charge on any atom is 0.330 e. The molecule has 1 N–H and O–H groups in total. The maximum atomic E-state index is 12.3. The molecule has 7 nitrogen and oxygen atoms in total. The number of carbonyl (C=O) groups is 1. The first-order valence-corrected chi connectivity index (χ1v) is 8.71. The van der Waals surface area contributed by atoms with E-state index in [0.29, 0.717) is 24.7 Å². The lowest BCUT2D eigenvalue weighted by Gasteiger charge is -2.32. The van der Waals surface area contributed by atoms with Crippen LogP contribution in [0.3, 0.4) is 0 Å². The van der Waals surface area contributed by atoms with E-state index in [1.165, 1.54) is 30.5 Å². The van der Waals surface area contributed by atoms with Crippen LogP contribution in [-0.4, -0.2) is 39.6 Å². The van der Waals surface area contributed by atoms with Gasteiger partial charge in [-0.05, 0) is 38.1 Å². The van der Waals surface area contributed by atoms with Crippen molar-refractivity contribution in [3.8, 4) is 0 Å². The van der Waals surface area contributed by atoms with Gasteiger partial charge >= 0.3 is 5.69 Å². The summed E-state index contributed by atoms with van der Waals surface area (Å²) in [4.78, 5) is 38.3. The molecule has 1 atom stereocenters. The second kappa shape index (κ2) is 6.93. The maximum absolute atomic E-state index is 12.3. The molecule has 1 saturated heterocycles. The number of hydrogen-bond acceptors (Lipinski definition) is 4. The molecule has 2 fully saturated rings. The highest BCUT2D eigenvalue weighted by atomic mass is 16.2. The highest BCUT2D eigenvalue weighted by Gasteiger charge is 2.28. The summed E-state index contributed by atoms with van der Waals surface area (Å²) in [6, 6.07) is 1.51. The SMILES string of the molecule is Cn1c(CN2CCCC(C(=O)NCC3CC3)C2)cc(=O)n(C)c1=O. The minimum absolute atomic E-state index is 0.000994. The molecular formula is C17H26N4O3. The lowest BCUT2D eigenvalue weighted by molar-refractivity contribution is -0.126. The van der Waals surface area contributed by atoms with Gasteiger partial charge in [-0.1, -0.05) is 0 Å². The van der Waals surface area contributed by atoms with Gasteiger partial charge in [-0.3, -0.25) is 23.6 Å². The summed E-state index contributed by atoms with van der Waals surface area (Å²) in [6.45, 7) is 2.89. The van der Waals surface area contributed by atoms with Gasteiger partial charge in [0.05, 0.1) is 5.92 Å². The van der Waals surface area contributed by atoms with Crippen LogP contribution in [0.15, 0.2) is 15.7 Å². The Kier molecular flexibility index (Phi) is 4.89. The van der Waals surface area contributed by atoms with Crippen LogP contribution < -0.4 is 16.6 Å². The first-order chi connectivity index (χ1) is 11.5. The number of rotatable bonds is 5. The molecule has 1 aromatic heterocycles. The van der Waals surface area contributed by atoms with Gasteiger partial charge in [-0.2, -0.15) is 0 Å². The van der Waals surface area contributed by atoms with Gasteiger partial charge in [-0.15, -0.1) is 0 Å². The molecule has 1 unspecified atom stereocenters. The molecule has 3 rings (SSSR count). The van der Waals surface area contributed by atoms with Gasteiger partial charge in [0.2, 0.25) is 5.91 Å². The van der Waals surface area contributed by atoms with E-state index in [9.17, 15) is 14.4 Å². The van der Waals surface area contributed by atoms with Gasteiger partial charge in [-0.25, -0.2) is 4.79 Å². The normalized spacial score (nSPS) is 21.7. The molecule has 2 heterocycles. The summed E-state index contributed by atoms with van der Waals surface area (Å²) >= 11 is 0. The van der Waals surface area contributed by atoms with E-state index in [0.717, 1.165) is 30.5 Å². The Morgan fingerprint density at radius 3 is 2.67 bits per heavy atom. The summed E-state index contributed by atoms with van der Waals surface area (Å²) in [5, 5.41) is 3.06. The van der Waals surface area contributed by atoms with Crippen LogP contribution in [0, 0.1) is 11.8 Å². The molecular weight excluding hydrogens is 308 g/mol. The van der Waals surface area contributed by atoms with E-state index in [2.05, 4.69) is 10.2 Å². The smallest absolute Gasteiger partial charge is 0.330 e. The van der Waals surface area contributed by atoms with Gasteiger partial charge in [0.15, 0.2) is 0 Å². The van der Waals surface area contributed by atoms with Crippen molar-refractivity contribution in [2.45, 2.75) is 32.2 Å². The molecule has 1 aliphatic carbocycles. The van der Waals surface area contributed by atoms with Crippen LogP contribution in [0.5, 0.6) is 0 Å². The molecule has 1 aromatic rings. The third kappa shape index (κ3) is 3.77. The Hall–Kier alpha value is -1.89. The second-order valence-electron chi connectivity index (χ2n) is 7.14. The predicted octanol–water partition coefficient (Wildman–Crippen LogP) is -0.178. The molecule has 2 aliphatic rings. The quantitative estimate of drug-likeness (QED) is 0.811. The van der Waals surface area contributed by atoms with Crippen molar-refractivity contribution in [2.24, 2.45) is 25.9 Å². The number of piperidine rings is 1. The summed E-state index contributed by atoms with van der Waals surface area (Å²) < 4.78 is 2.62. The molecule has 132 valence electrons. The standard InChI is InChI=1S/C17H26N4O3/c1-19-14(8-15(22)20(2)17(19)24)11-21-7-3-4-13(10-21)16(23)18-9-12-5-6-12/h8,12-13H,3-7,9-11H2,1-2H3,(H,18,23). The number of hydrogen-bond donors (Lipinski definition) is 1. The molecule has 1 amide bonds. The van der Waals surface area contributed by atoms with E-state index in [1.807, 2.05) is 0 Å². The lowest BCUT2D eigenvalue weighted by Crippen LogP contribution is -2.44. The van der Waals surface area contributed by atoms with E-state index in [-0.39, 0.29) is 23.1 Å². The summed E-state index contributed by atoms with van der Waals surface area (Å²) in [6.07, 6.45) is 4.32. The van der Waals surface area contributed by atoms with Crippen LogP contribution in [0.1, 0.15) is 31.4 Å². The van der Waals surface area contributed by atoms with Crippen LogP contribution in [0.25, 0.3) is 0 Å². The molecule has 1 saturated carbocycles. The Bertz CT molecular complexity index is 732. The first kappa shape index (κ1) is 17.0. The topological polar surface area (TPSA) is 76.3 Å². The zero-order chi connectivity index (χ0) is 17.3. The van der Waals surface area contributed by atoms with Gasteiger partial charge in [0.1, 0.15) is 0 Å². The summed E-state index contributed by atoms with van der Waals surface area (Å²) in [5.41, 5.74) is 0.0965. The fourth-order valence-electron chi connectivity index (χ4n) is 3.28. The zero-order valence-electron chi connectivity index (χ0n) is 14.5. The Morgan fingerprint density at radius 1 is 1.21 bits per heavy atom. The Balaban J connectivity index is 1.64. The van der Waals surface area contributed by atoms with E-state index < -0.39 is 0 Å². The Labute approximate surface area is 141 Å². The molecule has 0 bridgehead atoms. The highest BCUT2D eigenvalue weighted by Crippen LogP contribution is 2.28. The fraction of sp³-hybridized carbons (Fsp3) is 0.706. The fourth-order valence-corrected chi connectivity index (χ4v) is 3.28. The third-order valence-corrected chi connectivity index (χ3v) is 5.15. The molecule has 24 heavy (non-hydrogen) atoms. The van der Waals surface area contributed by atoms with E-state index in [4.69, 9.17) is 0 Å². The first-order valence-electron chi connectivity index (χ1n) is 8.71.